The summed E-state index contributed by atoms with van der Waals surface area (Å²) < 4.78 is 5.88. The van der Waals surface area contributed by atoms with E-state index in [0.29, 0.717) is 18.7 Å². The largest absolute Gasteiger partial charge is 0.489 e. The molecule has 4 rings (SSSR count). The number of hydrogen-bond acceptors (Lipinski definition) is 3. The lowest BCUT2D eigenvalue weighted by molar-refractivity contribution is 0.0677. The van der Waals surface area contributed by atoms with Gasteiger partial charge in [0.15, 0.2) is 0 Å². The third-order valence-corrected chi connectivity index (χ3v) is 5.27. The third-order valence-electron chi connectivity index (χ3n) is 5.27. The summed E-state index contributed by atoms with van der Waals surface area (Å²) in [4.78, 5) is 15.4. The maximum atomic E-state index is 13.3. The van der Waals surface area contributed by atoms with Gasteiger partial charge >= 0.3 is 0 Å². The Morgan fingerprint density at radius 1 is 1.00 bits per heavy atom. The predicted molar refractivity (Wildman–Crippen MR) is 97.7 cm³/mol. The second kappa shape index (κ2) is 7.28. The summed E-state index contributed by atoms with van der Waals surface area (Å²) >= 11 is 0. The van der Waals surface area contributed by atoms with E-state index >= 15 is 0 Å². The van der Waals surface area contributed by atoms with Gasteiger partial charge in [-0.2, -0.15) is 0 Å². The first kappa shape index (κ1) is 16.2. The molecule has 2 unspecified atom stereocenters. The van der Waals surface area contributed by atoms with Crippen molar-refractivity contribution in [1.82, 2.24) is 10.2 Å². The van der Waals surface area contributed by atoms with Crippen molar-refractivity contribution in [2.75, 3.05) is 13.1 Å². The summed E-state index contributed by atoms with van der Waals surface area (Å²) in [6, 6.07) is 18.3. The highest BCUT2D eigenvalue weighted by molar-refractivity contribution is 5.96. The highest BCUT2D eigenvalue weighted by Gasteiger charge is 2.38. The number of rotatable bonds is 4. The second-order valence-corrected chi connectivity index (χ2v) is 6.85. The molecular weight excluding hydrogens is 312 g/mol. The number of amides is 1. The van der Waals surface area contributed by atoms with Crippen LogP contribution in [0.15, 0.2) is 54.6 Å². The van der Waals surface area contributed by atoms with Crippen LogP contribution in [0.3, 0.4) is 0 Å². The molecule has 4 heteroatoms. The van der Waals surface area contributed by atoms with E-state index in [1.807, 2.05) is 54.6 Å². The molecule has 0 saturated carbocycles. The lowest BCUT2D eigenvalue weighted by Crippen LogP contribution is -2.42. The van der Waals surface area contributed by atoms with E-state index in [0.717, 1.165) is 49.2 Å². The van der Waals surface area contributed by atoms with Crippen LogP contribution in [-0.2, 0) is 6.61 Å². The van der Waals surface area contributed by atoms with Crippen LogP contribution in [0.2, 0.25) is 0 Å². The van der Waals surface area contributed by atoms with Crippen LogP contribution >= 0.6 is 0 Å². The van der Waals surface area contributed by atoms with Crippen molar-refractivity contribution >= 4 is 5.91 Å². The first-order valence-corrected chi connectivity index (χ1v) is 9.12. The zero-order valence-corrected chi connectivity index (χ0v) is 14.4. The summed E-state index contributed by atoms with van der Waals surface area (Å²) in [6.07, 6.45) is 3.28. The monoisotopic (exact) mass is 336 g/mol. The van der Waals surface area contributed by atoms with E-state index in [9.17, 15) is 4.79 Å². The molecule has 2 heterocycles. The normalized spacial score (nSPS) is 22.5. The molecule has 0 aliphatic carbocycles. The highest BCUT2D eigenvalue weighted by Crippen LogP contribution is 2.30. The van der Waals surface area contributed by atoms with Gasteiger partial charge in [0.2, 0.25) is 0 Å². The minimum atomic E-state index is 0.156. The lowest BCUT2D eigenvalue weighted by atomic mass is 10.1. The van der Waals surface area contributed by atoms with Gasteiger partial charge in [0, 0.05) is 29.8 Å². The SMILES string of the molecule is O=C(c1ccccc1COc1ccccc1)N1C2CCNCC1CC2. The van der Waals surface area contributed by atoms with Crippen LogP contribution in [0, 0.1) is 0 Å². The molecule has 130 valence electrons. The Bertz CT molecular complexity index is 718. The molecule has 2 aromatic carbocycles. The van der Waals surface area contributed by atoms with Crippen molar-refractivity contribution in [3.8, 4) is 5.75 Å². The Balaban J connectivity index is 1.55. The van der Waals surface area contributed by atoms with Gasteiger partial charge in [0.1, 0.15) is 12.4 Å². The van der Waals surface area contributed by atoms with E-state index in [1.165, 1.54) is 0 Å². The van der Waals surface area contributed by atoms with E-state index < -0.39 is 0 Å². The van der Waals surface area contributed by atoms with Crippen LogP contribution < -0.4 is 10.1 Å². The van der Waals surface area contributed by atoms with Crippen molar-refractivity contribution in [3.05, 3.63) is 65.7 Å². The molecule has 0 aromatic heterocycles. The number of nitrogens with one attached hydrogen (secondary N) is 1. The highest BCUT2D eigenvalue weighted by atomic mass is 16.5. The smallest absolute Gasteiger partial charge is 0.254 e. The molecule has 2 aliphatic heterocycles. The van der Waals surface area contributed by atoms with Gasteiger partial charge in [0.25, 0.3) is 5.91 Å². The molecule has 1 amide bonds. The fourth-order valence-electron chi connectivity index (χ4n) is 3.99. The van der Waals surface area contributed by atoms with E-state index in [4.69, 9.17) is 4.74 Å². The molecule has 1 N–H and O–H groups in total. The number of ether oxygens (including phenoxy) is 1. The number of benzene rings is 2. The Morgan fingerprint density at radius 2 is 1.76 bits per heavy atom. The Kier molecular flexibility index (Phi) is 4.70. The molecule has 2 fully saturated rings. The molecule has 2 atom stereocenters. The standard InChI is InChI=1S/C21H24N2O2/c24-21(23-17-10-11-18(23)14-22-13-12-17)20-9-5-4-6-16(20)15-25-19-7-2-1-3-8-19/h1-9,17-18,22H,10-15H2. The Morgan fingerprint density at radius 3 is 2.64 bits per heavy atom. The summed E-state index contributed by atoms with van der Waals surface area (Å²) in [7, 11) is 0. The van der Waals surface area contributed by atoms with Crippen molar-refractivity contribution in [3.63, 3.8) is 0 Å². The number of para-hydroxylation sites is 1. The van der Waals surface area contributed by atoms with Gasteiger partial charge in [-0.1, -0.05) is 36.4 Å². The quantitative estimate of drug-likeness (QED) is 0.932. The van der Waals surface area contributed by atoms with Gasteiger partial charge in [-0.05, 0) is 44.0 Å². The molecule has 2 saturated heterocycles. The van der Waals surface area contributed by atoms with Gasteiger partial charge < -0.3 is 15.0 Å². The maximum Gasteiger partial charge on any atom is 0.254 e. The van der Waals surface area contributed by atoms with E-state index in [2.05, 4.69) is 10.2 Å². The fraction of sp³-hybridized carbons (Fsp3) is 0.381. The van der Waals surface area contributed by atoms with Crippen molar-refractivity contribution in [2.24, 2.45) is 0 Å². The summed E-state index contributed by atoms with van der Waals surface area (Å²) in [5.74, 6) is 0.979. The molecule has 0 spiro atoms. The fourth-order valence-corrected chi connectivity index (χ4v) is 3.99. The summed E-state index contributed by atoms with van der Waals surface area (Å²) in [5, 5.41) is 3.46. The molecule has 0 radical (unpaired) electrons. The lowest BCUT2D eigenvalue weighted by Gasteiger charge is -2.28. The van der Waals surface area contributed by atoms with Crippen molar-refractivity contribution in [2.45, 2.75) is 38.0 Å². The number of carbonyl (C=O) groups excluding carboxylic acids is 1. The van der Waals surface area contributed by atoms with Crippen LogP contribution in [0.4, 0.5) is 0 Å². The zero-order chi connectivity index (χ0) is 17.1. The molecule has 2 aliphatic rings. The van der Waals surface area contributed by atoms with Crippen molar-refractivity contribution in [1.29, 1.82) is 0 Å². The van der Waals surface area contributed by atoms with Gasteiger partial charge in [-0.25, -0.2) is 0 Å². The molecule has 2 aromatic rings. The summed E-state index contributed by atoms with van der Waals surface area (Å²) in [6.45, 7) is 2.32. The minimum Gasteiger partial charge on any atom is -0.489 e. The zero-order valence-electron chi connectivity index (χ0n) is 14.4. The molecular formula is C21H24N2O2. The average molecular weight is 336 g/mol. The molecule has 2 bridgehead atoms. The van der Waals surface area contributed by atoms with E-state index in [1.54, 1.807) is 0 Å². The summed E-state index contributed by atoms with van der Waals surface area (Å²) in [5.41, 5.74) is 1.73. The third kappa shape index (κ3) is 3.40. The number of hydrogen-bond donors (Lipinski definition) is 1. The first-order valence-electron chi connectivity index (χ1n) is 9.12. The van der Waals surface area contributed by atoms with Gasteiger partial charge in [0.05, 0.1) is 0 Å². The average Bonchev–Trinajstić information content (AvgIpc) is 2.93. The van der Waals surface area contributed by atoms with Gasteiger partial charge in [-0.15, -0.1) is 0 Å². The van der Waals surface area contributed by atoms with E-state index in [-0.39, 0.29) is 5.91 Å². The number of nitrogens with zero attached hydrogens (tertiary/aromatic N) is 1. The Hall–Kier alpha value is -2.33. The van der Waals surface area contributed by atoms with Crippen LogP contribution in [0.5, 0.6) is 5.75 Å². The number of fused-ring (bicyclic) bond motifs is 2. The second-order valence-electron chi connectivity index (χ2n) is 6.85. The number of carbonyl (C=O) groups is 1. The van der Waals surface area contributed by atoms with Gasteiger partial charge in [-0.3, -0.25) is 4.79 Å². The maximum absolute atomic E-state index is 13.3. The van der Waals surface area contributed by atoms with Crippen LogP contribution in [0.25, 0.3) is 0 Å². The van der Waals surface area contributed by atoms with Crippen LogP contribution in [0.1, 0.15) is 35.2 Å². The van der Waals surface area contributed by atoms with Crippen LogP contribution in [-0.4, -0.2) is 36.0 Å². The topological polar surface area (TPSA) is 41.6 Å². The van der Waals surface area contributed by atoms with Crippen molar-refractivity contribution < 1.29 is 9.53 Å². The predicted octanol–water partition coefficient (Wildman–Crippen LogP) is 3.23. The Labute approximate surface area is 148 Å². The minimum absolute atomic E-state index is 0.156. The first-order chi connectivity index (χ1) is 12.3. The molecule has 4 nitrogen and oxygen atoms in total. The molecule has 25 heavy (non-hydrogen) atoms.